The van der Waals surface area contributed by atoms with Crippen LogP contribution in [0.3, 0.4) is 0 Å². The second-order valence-corrected chi connectivity index (χ2v) is 7.88. The van der Waals surface area contributed by atoms with E-state index < -0.39 is 23.5 Å². The van der Waals surface area contributed by atoms with Crippen molar-refractivity contribution in [3.63, 3.8) is 0 Å². The molecule has 1 aliphatic rings. The third kappa shape index (κ3) is 2.98. The molecule has 9 heteroatoms. The number of amides is 1. The summed E-state index contributed by atoms with van der Waals surface area (Å²) in [6, 6.07) is 9.37. The van der Waals surface area contributed by atoms with E-state index in [0.717, 1.165) is 4.47 Å². The molecule has 1 aromatic carbocycles. The van der Waals surface area contributed by atoms with Crippen molar-refractivity contribution in [2.75, 3.05) is 4.90 Å². The first-order valence-electron chi connectivity index (χ1n) is 7.88. The maximum absolute atomic E-state index is 13.0. The van der Waals surface area contributed by atoms with Crippen molar-refractivity contribution in [1.29, 1.82) is 0 Å². The summed E-state index contributed by atoms with van der Waals surface area (Å²) in [6.07, 6.45) is 1.36. The Kier molecular flexibility index (Phi) is 4.40. The molecule has 0 spiro atoms. The van der Waals surface area contributed by atoms with Crippen LogP contribution in [0.1, 0.15) is 27.2 Å². The van der Waals surface area contributed by atoms with Gasteiger partial charge in [0.2, 0.25) is 10.9 Å². The lowest BCUT2D eigenvalue weighted by Crippen LogP contribution is -2.31. The number of rotatable bonds is 4. The van der Waals surface area contributed by atoms with E-state index in [0.29, 0.717) is 15.7 Å². The number of ketones is 1. The number of furan rings is 1. The minimum Gasteiger partial charge on any atom is -0.503 e. The largest absolute Gasteiger partial charge is 0.503 e. The normalized spacial score (nSPS) is 17.0. The average Bonchev–Trinajstić information content (AvgIpc) is 3.37. The molecule has 7 nitrogen and oxygen atoms in total. The van der Waals surface area contributed by atoms with E-state index in [4.69, 9.17) is 4.42 Å². The van der Waals surface area contributed by atoms with Gasteiger partial charge in [-0.05, 0) is 36.8 Å². The number of anilines is 1. The van der Waals surface area contributed by atoms with Crippen LogP contribution in [-0.4, -0.2) is 27.0 Å². The highest BCUT2D eigenvalue weighted by Crippen LogP contribution is 2.42. The number of aliphatic hydroxyl groups excluding tert-OH is 1. The molecule has 1 atom stereocenters. The lowest BCUT2D eigenvalue weighted by Gasteiger charge is -2.23. The number of Topliss-reactive ketones (excluding diaryl/α,β-unsaturated/α-hetero) is 1. The topological polar surface area (TPSA) is 96.5 Å². The third-order valence-electron chi connectivity index (χ3n) is 4.10. The Bertz CT molecular complexity index is 1060. The molecule has 0 radical (unpaired) electrons. The number of halogens is 1. The maximum atomic E-state index is 13.0. The molecule has 27 heavy (non-hydrogen) atoms. The van der Waals surface area contributed by atoms with Crippen LogP contribution in [0, 0.1) is 6.92 Å². The van der Waals surface area contributed by atoms with Gasteiger partial charge in [0.15, 0.2) is 11.5 Å². The molecular formula is C18H12BrN3O4S. The van der Waals surface area contributed by atoms with E-state index in [-0.39, 0.29) is 11.3 Å². The van der Waals surface area contributed by atoms with E-state index in [1.54, 1.807) is 37.3 Å². The fourth-order valence-electron chi connectivity index (χ4n) is 2.92. The van der Waals surface area contributed by atoms with E-state index in [9.17, 15) is 14.7 Å². The molecule has 1 amide bonds. The highest BCUT2D eigenvalue weighted by Gasteiger charge is 2.46. The summed E-state index contributed by atoms with van der Waals surface area (Å²) in [7, 11) is 0. The molecular weight excluding hydrogens is 434 g/mol. The zero-order chi connectivity index (χ0) is 19.1. The van der Waals surface area contributed by atoms with E-state index in [1.807, 2.05) is 0 Å². The Morgan fingerprint density at radius 2 is 2.00 bits per heavy atom. The molecule has 3 aromatic rings. The molecule has 4 rings (SSSR count). The number of aryl methyl sites for hydroxylation is 1. The summed E-state index contributed by atoms with van der Waals surface area (Å²) in [5.41, 5.74) is 0.600. The summed E-state index contributed by atoms with van der Waals surface area (Å²) in [5.74, 6) is -1.82. The summed E-state index contributed by atoms with van der Waals surface area (Å²) < 4.78 is 6.03. The quantitative estimate of drug-likeness (QED) is 0.609. The van der Waals surface area contributed by atoms with Gasteiger partial charge in [0.1, 0.15) is 5.01 Å². The second-order valence-electron chi connectivity index (χ2n) is 5.80. The molecule has 1 aliphatic heterocycles. The van der Waals surface area contributed by atoms with Gasteiger partial charge in [-0.1, -0.05) is 39.4 Å². The third-order valence-corrected chi connectivity index (χ3v) is 5.47. The van der Waals surface area contributed by atoms with Crippen LogP contribution >= 0.6 is 27.3 Å². The van der Waals surface area contributed by atoms with Crippen LogP contribution in [0.15, 0.2) is 62.9 Å². The molecule has 0 saturated carbocycles. The molecule has 0 saturated heterocycles. The van der Waals surface area contributed by atoms with Crippen molar-refractivity contribution in [3.8, 4) is 0 Å². The van der Waals surface area contributed by atoms with Gasteiger partial charge in [-0.15, -0.1) is 10.2 Å². The summed E-state index contributed by atoms with van der Waals surface area (Å²) in [5, 5.41) is 19.5. The van der Waals surface area contributed by atoms with Gasteiger partial charge in [0, 0.05) is 4.47 Å². The van der Waals surface area contributed by atoms with Gasteiger partial charge in [-0.3, -0.25) is 14.5 Å². The highest BCUT2D eigenvalue weighted by atomic mass is 79.9. The van der Waals surface area contributed by atoms with Crippen molar-refractivity contribution < 1.29 is 19.1 Å². The molecule has 0 fully saturated rings. The number of carbonyl (C=O) groups is 2. The van der Waals surface area contributed by atoms with Crippen LogP contribution in [0.5, 0.6) is 0 Å². The smallest absolute Gasteiger partial charge is 0.296 e. The average molecular weight is 446 g/mol. The molecule has 136 valence electrons. The number of hydrogen-bond donors (Lipinski definition) is 1. The molecule has 1 N–H and O–H groups in total. The number of hydrogen-bond acceptors (Lipinski definition) is 7. The van der Waals surface area contributed by atoms with Crippen molar-refractivity contribution in [2.24, 2.45) is 0 Å². The second kappa shape index (κ2) is 6.75. The Hall–Kier alpha value is -2.78. The SMILES string of the molecule is Cc1nnc(N2C(=O)C(O)=C(C(=O)c3ccco3)[C@@H]2c2ccc(Br)cc2)s1. The first kappa shape index (κ1) is 17.6. The van der Waals surface area contributed by atoms with Crippen LogP contribution in [-0.2, 0) is 4.79 Å². The zero-order valence-electron chi connectivity index (χ0n) is 13.9. The number of aromatic nitrogens is 2. The number of aliphatic hydroxyl groups is 1. The summed E-state index contributed by atoms with van der Waals surface area (Å²) in [6.45, 7) is 1.76. The lowest BCUT2D eigenvalue weighted by molar-refractivity contribution is -0.117. The van der Waals surface area contributed by atoms with Gasteiger partial charge in [0.05, 0.1) is 17.9 Å². The van der Waals surface area contributed by atoms with Gasteiger partial charge < -0.3 is 9.52 Å². The predicted molar refractivity (Wildman–Crippen MR) is 102 cm³/mol. The zero-order valence-corrected chi connectivity index (χ0v) is 16.3. The van der Waals surface area contributed by atoms with Crippen LogP contribution < -0.4 is 4.90 Å². The molecule has 3 heterocycles. The van der Waals surface area contributed by atoms with Crippen molar-refractivity contribution in [2.45, 2.75) is 13.0 Å². The fourth-order valence-corrected chi connectivity index (χ4v) is 3.90. The van der Waals surface area contributed by atoms with Crippen molar-refractivity contribution in [1.82, 2.24) is 10.2 Å². The minimum atomic E-state index is -0.837. The van der Waals surface area contributed by atoms with E-state index in [1.165, 1.54) is 28.6 Å². The summed E-state index contributed by atoms with van der Waals surface area (Å²) >= 11 is 4.58. The Morgan fingerprint density at radius 1 is 1.26 bits per heavy atom. The molecule has 2 aromatic heterocycles. The Balaban J connectivity index is 1.88. The lowest BCUT2D eigenvalue weighted by atomic mass is 9.95. The van der Waals surface area contributed by atoms with Crippen molar-refractivity contribution in [3.05, 3.63) is 74.8 Å². The predicted octanol–water partition coefficient (Wildman–Crippen LogP) is 3.98. The molecule has 0 aliphatic carbocycles. The van der Waals surface area contributed by atoms with E-state index >= 15 is 0 Å². The number of carbonyl (C=O) groups excluding carboxylic acids is 2. The Morgan fingerprint density at radius 3 is 2.59 bits per heavy atom. The molecule has 0 bridgehead atoms. The van der Waals surface area contributed by atoms with Crippen LogP contribution in [0.2, 0.25) is 0 Å². The van der Waals surface area contributed by atoms with Gasteiger partial charge in [-0.25, -0.2) is 0 Å². The van der Waals surface area contributed by atoms with E-state index in [2.05, 4.69) is 26.1 Å². The summed E-state index contributed by atoms with van der Waals surface area (Å²) in [4.78, 5) is 27.1. The van der Waals surface area contributed by atoms with Crippen LogP contribution in [0.25, 0.3) is 0 Å². The highest BCUT2D eigenvalue weighted by molar-refractivity contribution is 9.10. The fraction of sp³-hybridized carbons (Fsp3) is 0.111. The first-order valence-corrected chi connectivity index (χ1v) is 9.49. The Labute approximate surface area is 166 Å². The number of benzene rings is 1. The van der Waals surface area contributed by atoms with Gasteiger partial charge in [-0.2, -0.15) is 0 Å². The standard InChI is InChI=1S/C18H12BrN3O4S/c1-9-20-21-18(27-9)22-14(10-4-6-11(19)7-5-10)13(16(24)17(22)25)15(23)12-3-2-8-26-12/h2-8,14,24H,1H3/t14-/m0/s1. The van der Waals surface area contributed by atoms with Crippen molar-refractivity contribution >= 4 is 44.1 Å². The molecule has 0 unspecified atom stereocenters. The maximum Gasteiger partial charge on any atom is 0.296 e. The first-order chi connectivity index (χ1) is 13.0. The monoisotopic (exact) mass is 445 g/mol. The van der Waals surface area contributed by atoms with Gasteiger partial charge in [0.25, 0.3) is 5.91 Å². The van der Waals surface area contributed by atoms with Gasteiger partial charge >= 0.3 is 0 Å². The van der Waals surface area contributed by atoms with Crippen LogP contribution in [0.4, 0.5) is 5.13 Å². The number of nitrogens with zero attached hydrogens (tertiary/aromatic N) is 3. The minimum absolute atomic E-state index is 0.0433.